The molecule has 0 aliphatic carbocycles. The number of carbonyl (C=O) groups excluding carboxylic acids is 2. The number of aliphatic carboxylic acids is 1. The Labute approximate surface area is 129 Å². The summed E-state index contributed by atoms with van der Waals surface area (Å²) < 4.78 is 0. The van der Waals surface area contributed by atoms with E-state index in [0.717, 1.165) is 6.42 Å². The van der Waals surface area contributed by atoms with E-state index >= 15 is 0 Å². The fourth-order valence-corrected chi connectivity index (χ4v) is 2.52. The van der Waals surface area contributed by atoms with Gasteiger partial charge in [0.2, 0.25) is 5.91 Å². The molecule has 2 amide bonds. The first kappa shape index (κ1) is 16.0. The molecule has 0 spiro atoms. The molecule has 6 heteroatoms. The van der Waals surface area contributed by atoms with Crippen LogP contribution in [0.15, 0.2) is 24.3 Å². The van der Waals surface area contributed by atoms with E-state index < -0.39 is 17.9 Å². The van der Waals surface area contributed by atoms with E-state index in [1.54, 1.807) is 29.2 Å². The van der Waals surface area contributed by atoms with E-state index in [2.05, 4.69) is 5.32 Å². The predicted molar refractivity (Wildman–Crippen MR) is 81.8 cm³/mol. The summed E-state index contributed by atoms with van der Waals surface area (Å²) in [5, 5.41) is 11.6. The number of carbonyl (C=O) groups is 3. The maximum Gasteiger partial charge on any atom is 0.326 e. The van der Waals surface area contributed by atoms with E-state index in [1.807, 2.05) is 6.92 Å². The molecule has 0 saturated carbocycles. The summed E-state index contributed by atoms with van der Waals surface area (Å²) in [6.07, 6.45) is 2.38. The third-order valence-electron chi connectivity index (χ3n) is 3.67. The van der Waals surface area contributed by atoms with Crippen LogP contribution in [0.2, 0.25) is 0 Å². The van der Waals surface area contributed by atoms with Crippen LogP contribution in [0, 0.1) is 0 Å². The summed E-state index contributed by atoms with van der Waals surface area (Å²) in [7, 11) is 0. The summed E-state index contributed by atoms with van der Waals surface area (Å²) in [5.74, 6) is -1.43. The minimum atomic E-state index is -1.04. The van der Waals surface area contributed by atoms with Crippen molar-refractivity contribution in [1.82, 2.24) is 5.32 Å². The molecule has 0 unspecified atom stereocenters. The van der Waals surface area contributed by atoms with Gasteiger partial charge in [0.15, 0.2) is 0 Å². The molecule has 1 aliphatic heterocycles. The first-order chi connectivity index (χ1) is 10.5. The van der Waals surface area contributed by atoms with E-state index in [9.17, 15) is 14.4 Å². The Balaban J connectivity index is 2.13. The lowest BCUT2D eigenvalue weighted by atomic mass is 10.1. The van der Waals surface area contributed by atoms with Crippen LogP contribution < -0.4 is 10.2 Å². The Morgan fingerprint density at radius 1 is 1.41 bits per heavy atom. The number of nitrogens with one attached hydrogen (secondary N) is 1. The lowest BCUT2D eigenvalue weighted by Gasteiger charge is -2.17. The van der Waals surface area contributed by atoms with Gasteiger partial charge in [-0.05, 0) is 31.0 Å². The number of hydrogen-bond donors (Lipinski definition) is 2. The molecule has 118 valence electrons. The number of anilines is 1. The molecule has 1 aliphatic rings. The van der Waals surface area contributed by atoms with Crippen molar-refractivity contribution in [2.75, 3.05) is 11.4 Å². The molecular formula is C16H20N2O4. The molecule has 1 aromatic rings. The van der Waals surface area contributed by atoms with Gasteiger partial charge in [0.25, 0.3) is 5.91 Å². The standard InChI is InChI=1S/C16H20N2O4/c1-2-5-13(16(21)22)17-15(20)11-6-3-7-12(10-11)18-9-4-8-14(18)19/h3,6-7,10,13H,2,4-5,8-9H2,1H3,(H,17,20)(H,21,22)/t13-/m1/s1. The van der Waals surface area contributed by atoms with Crippen molar-refractivity contribution in [3.05, 3.63) is 29.8 Å². The van der Waals surface area contributed by atoms with Gasteiger partial charge in [-0.2, -0.15) is 0 Å². The molecule has 1 saturated heterocycles. The largest absolute Gasteiger partial charge is 0.480 e. The van der Waals surface area contributed by atoms with Gasteiger partial charge < -0.3 is 15.3 Å². The van der Waals surface area contributed by atoms with Gasteiger partial charge in [0.1, 0.15) is 6.04 Å². The third kappa shape index (κ3) is 3.63. The topological polar surface area (TPSA) is 86.7 Å². The van der Waals surface area contributed by atoms with Gasteiger partial charge in [-0.1, -0.05) is 19.4 Å². The maximum atomic E-state index is 12.2. The highest BCUT2D eigenvalue weighted by atomic mass is 16.4. The zero-order valence-electron chi connectivity index (χ0n) is 12.5. The fourth-order valence-electron chi connectivity index (χ4n) is 2.52. The van der Waals surface area contributed by atoms with Crippen molar-refractivity contribution in [2.24, 2.45) is 0 Å². The number of nitrogens with zero attached hydrogens (tertiary/aromatic N) is 1. The summed E-state index contributed by atoms with van der Waals surface area (Å²) in [4.78, 5) is 36.7. The van der Waals surface area contributed by atoms with E-state index in [1.165, 1.54) is 0 Å². The molecule has 0 bridgehead atoms. The number of hydrogen-bond acceptors (Lipinski definition) is 3. The van der Waals surface area contributed by atoms with E-state index in [4.69, 9.17) is 5.11 Å². The molecule has 0 radical (unpaired) electrons. The lowest BCUT2D eigenvalue weighted by molar-refractivity contribution is -0.139. The summed E-state index contributed by atoms with van der Waals surface area (Å²) in [6.45, 7) is 2.51. The van der Waals surface area contributed by atoms with Crippen LogP contribution in [0.1, 0.15) is 43.0 Å². The van der Waals surface area contributed by atoms with Crippen LogP contribution in [0.4, 0.5) is 5.69 Å². The molecule has 1 aromatic carbocycles. The van der Waals surface area contributed by atoms with Crippen molar-refractivity contribution in [2.45, 2.75) is 38.6 Å². The Bertz CT molecular complexity index is 585. The van der Waals surface area contributed by atoms with Crippen LogP contribution in [0.3, 0.4) is 0 Å². The van der Waals surface area contributed by atoms with Crippen LogP contribution in [0.25, 0.3) is 0 Å². The number of carboxylic acids is 1. The molecule has 22 heavy (non-hydrogen) atoms. The van der Waals surface area contributed by atoms with Crippen LogP contribution in [-0.4, -0.2) is 35.5 Å². The summed E-state index contributed by atoms with van der Waals surface area (Å²) in [5.41, 5.74) is 1.04. The minimum Gasteiger partial charge on any atom is -0.480 e. The van der Waals surface area contributed by atoms with E-state index in [0.29, 0.717) is 37.1 Å². The second kappa shape index (κ2) is 7.06. The summed E-state index contributed by atoms with van der Waals surface area (Å²) >= 11 is 0. The third-order valence-corrected chi connectivity index (χ3v) is 3.67. The average molecular weight is 304 g/mol. The monoisotopic (exact) mass is 304 g/mol. The second-order valence-electron chi connectivity index (χ2n) is 5.35. The highest BCUT2D eigenvalue weighted by Gasteiger charge is 2.23. The molecule has 1 fully saturated rings. The molecule has 0 aromatic heterocycles. The van der Waals surface area contributed by atoms with Crippen molar-refractivity contribution in [3.63, 3.8) is 0 Å². The average Bonchev–Trinajstić information content (AvgIpc) is 2.93. The zero-order chi connectivity index (χ0) is 16.1. The van der Waals surface area contributed by atoms with Crippen LogP contribution >= 0.6 is 0 Å². The van der Waals surface area contributed by atoms with Crippen molar-refractivity contribution >= 4 is 23.5 Å². The molecule has 2 N–H and O–H groups in total. The molecule has 1 heterocycles. The lowest BCUT2D eigenvalue weighted by Crippen LogP contribution is -2.40. The molecule has 1 atom stereocenters. The van der Waals surface area contributed by atoms with Gasteiger partial charge in [-0.3, -0.25) is 9.59 Å². The first-order valence-electron chi connectivity index (χ1n) is 7.47. The highest BCUT2D eigenvalue weighted by Crippen LogP contribution is 2.22. The Morgan fingerprint density at radius 2 is 2.18 bits per heavy atom. The number of amides is 2. The summed E-state index contributed by atoms with van der Waals surface area (Å²) in [6, 6.07) is 5.83. The van der Waals surface area contributed by atoms with Crippen molar-refractivity contribution in [3.8, 4) is 0 Å². The second-order valence-corrected chi connectivity index (χ2v) is 5.35. The van der Waals surface area contributed by atoms with Crippen LogP contribution in [-0.2, 0) is 9.59 Å². The van der Waals surface area contributed by atoms with Gasteiger partial charge >= 0.3 is 5.97 Å². The normalized spacial score (nSPS) is 15.7. The SMILES string of the molecule is CCC[C@@H](NC(=O)c1cccc(N2CCCC2=O)c1)C(=O)O. The highest BCUT2D eigenvalue weighted by molar-refractivity contribution is 6.00. The molecule has 2 rings (SSSR count). The number of benzene rings is 1. The minimum absolute atomic E-state index is 0.0481. The predicted octanol–water partition coefficient (Wildman–Crippen LogP) is 1.80. The Morgan fingerprint density at radius 3 is 2.77 bits per heavy atom. The molecular weight excluding hydrogens is 284 g/mol. The Hall–Kier alpha value is -2.37. The van der Waals surface area contributed by atoms with Gasteiger partial charge in [-0.15, -0.1) is 0 Å². The van der Waals surface area contributed by atoms with Gasteiger partial charge in [-0.25, -0.2) is 4.79 Å². The van der Waals surface area contributed by atoms with Gasteiger partial charge in [0.05, 0.1) is 0 Å². The van der Waals surface area contributed by atoms with Crippen LogP contribution in [0.5, 0.6) is 0 Å². The van der Waals surface area contributed by atoms with Crippen molar-refractivity contribution in [1.29, 1.82) is 0 Å². The quantitative estimate of drug-likeness (QED) is 0.839. The van der Waals surface area contributed by atoms with Crippen molar-refractivity contribution < 1.29 is 19.5 Å². The zero-order valence-corrected chi connectivity index (χ0v) is 12.5. The molecule has 6 nitrogen and oxygen atoms in total. The first-order valence-corrected chi connectivity index (χ1v) is 7.47. The van der Waals surface area contributed by atoms with Gasteiger partial charge in [0, 0.05) is 24.2 Å². The number of carboxylic acid groups (broad SMARTS) is 1. The fraction of sp³-hybridized carbons (Fsp3) is 0.438. The number of rotatable bonds is 6. The smallest absolute Gasteiger partial charge is 0.326 e. The van der Waals surface area contributed by atoms with E-state index in [-0.39, 0.29) is 5.91 Å². The maximum absolute atomic E-state index is 12.2. The Kier molecular flexibility index (Phi) is 5.14.